The van der Waals surface area contributed by atoms with Gasteiger partial charge in [0.15, 0.2) is 0 Å². The maximum atomic E-state index is 5.60. The minimum absolute atomic E-state index is 0.336. The number of ether oxygens (including phenoxy) is 1. The van der Waals surface area contributed by atoms with Crippen molar-refractivity contribution in [1.82, 2.24) is 10.3 Å². The summed E-state index contributed by atoms with van der Waals surface area (Å²) in [7, 11) is 0. The number of aromatic nitrogens is 1. The minimum atomic E-state index is 0.336. The molecule has 1 N–H and O–H groups in total. The third-order valence-electron chi connectivity index (χ3n) is 3.22. The largest absolute Gasteiger partial charge is 0.377 e. The molecule has 2 rings (SSSR count). The molecule has 19 heavy (non-hydrogen) atoms. The van der Waals surface area contributed by atoms with E-state index >= 15 is 0 Å². The fourth-order valence-corrected chi connectivity index (χ4v) is 2.90. The van der Waals surface area contributed by atoms with Gasteiger partial charge < -0.3 is 15.0 Å². The van der Waals surface area contributed by atoms with Crippen LogP contribution in [0.3, 0.4) is 0 Å². The molecule has 5 heteroatoms. The molecule has 106 valence electrons. The molecule has 0 saturated carbocycles. The number of hydrogen-bond donors (Lipinski definition) is 1. The summed E-state index contributed by atoms with van der Waals surface area (Å²) in [5, 5.41) is 3.48. The predicted octanol–water partition coefficient (Wildman–Crippen LogP) is 2.36. The van der Waals surface area contributed by atoms with Crippen LogP contribution in [-0.2, 0) is 4.74 Å². The molecule has 0 aliphatic carbocycles. The molecule has 1 fully saturated rings. The zero-order valence-corrected chi connectivity index (χ0v) is 13.4. The third-order valence-corrected chi connectivity index (χ3v) is 3.80. The van der Waals surface area contributed by atoms with Gasteiger partial charge >= 0.3 is 0 Å². The number of aryl methyl sites for hydroxylation is 1. The van der Waals surface area contributed by atoms with E-state index in [2.05, 4.69) is 58.0 Å². The number of pyridine rings is 1. The SMILES string of the molecule is Cc1cnc(N2CCOCC2CNC(C)C)c(Br)c1. The molecule has 0 bridgehead atoms. The number of nitrogens with one attached hydrogen (secondary N) is 1. The van der Waals surface area contributed by atoms with E-state index < -0.39 is 0 Å². The molecule has 1 atom stereocenters. The molecule has 2 heterocycles. The maximum absolute atomic E-state index is 5.60. The zero-order chi connectivity index (χ0) is 13.8. The summed E-state index contributed by atoms with van der Waals surface area (Å²) in [6.07, 6.45) is 1.92. The predicted molar refractivity (Wildman–Crippen MR) is 81.8 cm³/mol. The van der Waals surface area contributed by atoms with Gasteiger partial charge in [-0.05, 0) is 34.5 Å². The summed E-state index contributed by atoms with van der Waals surface area (Å²) >= 11 is 3.62. The standard InChI is InChI=1S/C14H22BrN3O/c1-10(2)16-8-12-9-19-5-4-18(12)14-13(15)6-11(3)7-17-14/h6-7,10,12,16H,4-5,8-9H2,1-3H3. The van der Waals surface area contributed by atoms with Crippen LogP contribution in [0, 0.1) is 6.92 Å². The lowest BCUT2D eigenvalue weighted by Crippen LogP contribution is -2.51. The minimum Gasteiger partial charge on any atom is -0.377 e. The van der Waals surface area contributed by atoms with Gasteiger partial charge in [-0.15, -0.1) is 0 Å². The molecule has 1 aromatic rings. The number of rotatable bonds is 4. The highest BCUT2D eigenvalue weighted by Gasteiger charge is 2.25. The Balaban J connectivity index is 2.14. The molecule has 0 amide bonds. The second kappa shape index (κ2) is 6.68. The maximum Gasteiger partial charge on any atom is 0.143 e. The zero-order valence-electron chi connectivity index (χ0n) is 11.8. The fraction of sp³-hybridized carbons (Fsp3) is 0.643. The van der Waals surface area contributed by atoms with Crippen LogP contribution in [0.5, 0.6) is 0 Å². The summed E-state index contributed by atoms with van der Waals surface area (Å²) in [5.74, 6) is 1.02. The van der Waals surface area contributed by atoms with Gasteiger partial charge in [-0.25, -0.2) is 4.98 Å². The fourth-order valence-electron chi connectivity index (χ4n) is 2.21. The molecule has 1 aliphatic heterocycles. The monoisotopic (exact) mass is 327 g/mol. The first kappa shape index (κ1) is 14.8. The molecule has 1 aliphatic rings. The Morgan fingerprint density at radius 2 is 2.37 bits per heavy atom. The molecule has 0 aromatic carbocycles. The van der Waals surface area contributed by atoms with Crippen molar-refractivity contribution in [1.29, 1.82) is 0 Å². The lowest BCUT2D eigenvalue weighted by atomic mass is 10.2. The smallest absolute Gasteiger partial charge is 0.143 e. The van der Waals surface area contributed by atoms with Crippen LogP contribution < -0.4 is 10.2 Å². The summed E-state index contributed by atoms with van der Waals surface area (Å²) in [6.45, 7) is 9.70. The summed E-state index contributed by atoms with van der Waals surface area (Å²) in [5.41, 5.74) is 1.17. The Labute approximate surface area is 123 Å². The highest BCUT2D eigenvalue weighted by molar-refractivity contribution is 9.10. The van der Waals surface area contributed by atoms with E-state index in [0.29, 0.717) is 12.1 Å². The first-order valence-corrected chi connectivity index (χ1v) is 7.57. The molecule has 4 nitrogen and oxygen atoms in total. The van der Waals surface area contributed by atoms with E-state index in [9.17, 15) is 0 Å². The average molecular weight is 328 g/mol. The number of nitrogens with zero attached hydrogens (tertiary/aromatic N) is 2. The highest BCUT2D eigenvalue weighted by Crippen LogP contribution is 2.27. The van der Waals surface area contributed by atoms with Gasteiger partial charge in [0, 0.05) is 25.3 Å². The first-order valence-electron chi connectivity index (χ1n) is 6.78. The number of hydrogen-bond acceptors (Lipinski definition) is 4. The average Bonchev–Trinajstić information content (AvgIpc) is 2.37. The van der Waals surface area contributed by atoms with Gasteiger partial charge in [-0.1, -0.05) is 13.8 Å². The summed E-state index contributed by atoms with van der Waals surface area (Å²) < 4.78 is 6.66. The van der Waals surface area contributed by atoms with Crippen LogP contribution in [0.25, 0.3) is 0 Å². The lowest BCUT2D eigenvalue weighted by Gasteiger charge is -2.37. The van der Waals surface area contributed by atoms with E-state index in [0.717, 1.165) is 36.6 Å². The van der Waals surface area contributed by atoms with Crippen LogP contribution in [0.2, 0.25) is 0 Å². The Kier molecular flexibility index (Phi) is 5.19. The van der Waals surface area contributed by atoms with Gasteiger partial charge in [0.25, 0.3) is 0 Å². The van der Waals surface area contributed by atoms with Crippen molar-refractivity contribution in [3.63, 3.8) is 0 Å². The summed E-state index contributed by atoms with van der Waals surface area (Å²) in [6, 6.07) is 2.94. The molecule has 0 radical (unpaired) electrons. The van der Waals surface area contributed by atoms with E-state index in [1.165, 1.54) is 5.56 Å². The quantitative estimate of drug-likeness (QED) is 0.921. The Hall–Kier alpha value is -0.650. The second-order valence-corrected chi connectivity index (χ2v) is 6.16. The molecular weight excluding hydrogens is 306 g/mol. The molecule has 1 saturated heterocycles. The van der Waals surface area contributed by atoms with E-state index in [-0.39, 0.29) is 0 Å². The van der Waals surface area contributed by atoms with Crippen LogP contribution in [0.1, 0.15) is 19.4 Å². The Morgan fingerprint density at radius 3 is 3.05 bits per heavy atom. The van der Waals surface area contributed by atoms with Gasteiger partial charge in [0.2, 0.25) is 0 Å². The second-order valence-electron chi connectivity index (χ2n) is 5.30. The van der Waals surface area contributed by atoms with Gasteiger partial charge in [0.05, 0.1) is 23.7 Å². The first-order chi connectivity index (χ1) is 9.08. The van der Waals surface area contributed by atoms with Crippen molar-refractivity contribution in [3.8, 4) is 0 Å². The van der Waals surface area contributed by atoms with Crippen molar-refractivity contribution in [3.05, 3.63) is 22.3 Å². The topological polar surface area (TPSA) is 37.4 Å². The van der Waals surface area contributed by atoms with Gasteiger partial charge in [0.1, 0.15) is 5.82 Å². The molecule has 0 spiro atoms. The highest BCUT2D eigenvalue weighted by atomic mass is 79.9. The Morgan fingerprint density at radius 1 is 1.58 bits per heavy atom. The van der Waals surface area contributed by atoms with Crippen molar-refractivity contribution < 1.29 is 4.74 Å². The number of morpholine rings is 1. The van der Waals surface area contributed by atoms with Crippen LogP contribution in [0.4, 0.5) is 5.82 Å². The number of anilines is 1. The molecular formula is C14H22BrN3O. The van der Waals surface area contributed by atoms with Crippen molar-refractivity contribution >= 4 is 21.7 Å². The van der Waals surface area contributed by atoms with Gasteiger partial charge in [-0.3, -0.25) is 0 Å². The van der Waals surface area contributed by atoms with Crippen molar-refractivity contribution in [2.24, 2.45) is 0 Å². The van der Waals surface area contributed by atoms with Crippen LogP contribution >= 0.6 is 15.9 Å². The van der Waals surface area contributed by atoms with E-state index in [1.807, 2.05) is 6.20 Å². The Bertz CT molecular complexity index is 425. The molecule has 1 aromatic heterocycles. The van der Waals surface area contributed by atoms with Crippen LogP contribution in [-0.4, -0.2) is 43.4 Å². The lowest BCUT2D eigenvalue weighted by molar-refractivity contribution is 0.0927. The number of halogens is 1. The van der Waals surface area contributed by atoms with E-state index in [1.54, 1.807) is 0 Å². The van der Waals surface area contributed by atoms with E-state index in [4.69, 9.17) is 4.74 Å². The normalized spacial score (nSPS) is 20.1. The summed E-state index contributed by atoms with van der Waals surface area (Å²) in [4.78, 5) is 6.91. The van der Waals surface area contributed by atoms with Gasteiger partial charge in [-0.2, -0.15) is 0 Å². The van der Waals surface area contributed by atoms with Crippen LogP contribution in [0.15, 0.2) is 16.7 Å². The third kappa shape index (κ3) is 3.91. The molecule has 1 unspecified atom stereocenters. The van der Waals surface area contributed by atoms with Crippen molar-refractivity contribution in [2.45, 2.75) is 32.9 Å². The van der Waals surface area contributed by atoms with Crippen molar-refractivity contribution in [2.75, 3.05) is 31.2 Å².